The molecule has 0 bridgehead atoms. The van der Waals surface area contributed by atoms with Gasteiger partial charge in [0.25, 0.3) is 5.56 Å². The van der Waals surface area contributed by atoms with E-state index in [0.29, 0.717) is 0 Å². The Hall–Kier alpha value is -3.32. The van der Waals surface area contributed by atoms with E-state index in [2.05, 4.69) is 15.3 Å². The SMILES string of the molecule is Cc1cn([C@H]2CC(n3nnc(C(=O)O)c3C(=O)O)[C@@H](CO)O2)c(=O)[nH]c1=O. The number of nitrogens with one attached hydrogen (secondary N) is 1. The first kappa shape index (κ1) is 18.5. The maximum atomic E-state index is 12.0. The number of carboxylic acids is 2. The van der Waals surface area contributed by atoms with Gasteiger partial charge >= 0.3 is 17.6 Å². The smallest absolute Gasteiger partial charge is 0.359 e. The van der Waals surface area contributed by atoms with Crippen molar-refractivity contribution in [2.24, 2.45) is 0 Å². The molecule has 1 aliphatic rings. The minimum absolute atomic E-state index is 0.0146. The van der Waals surface area contributed by atoms with Crippen LogP contribution in [0, 0.1) is 6.92 Å². The maximum Gasteiger partial charge on any atom is 0.359 e. The molecule has 13 nitrogen and oxygen atoms in total. The third-order valence-electron chi connectivity index (χ3n) is 4.25. The number of hydrogen-bond donors (Lipinski definition) is 4. The molecule has 2 aromatic heterocycles. The minimum Gasteiger partial charge on any atom is -0.476 e. The fourth-order valence-electron chi connectivity index (χ4n) is 2.98. The van der Waals surface area contributed by atoms with Crippen LogP contribution in [0.4, 0.5) is 0 Å². The van der Waals surface area contributed by atoms with Crippen LogP contribution in [0.5, 0.6) is 0 Å². The van der Waals surface area contributed by atoms with Crippen molar-refractivity contribution in [3.05, 3.63) is 44.0 Å². The van der Waals surface area contributed by atoms with E-state index in [1.807, 2.05) is 0 Å². The van der Waals surface area contributed by atoms with Gasteiger partial charge < -0.3 is 20.1 Å². The number of hydrogen-bond acceptors (Lipinski definition) is 8. The molecule has 0 aromatic carbocycles. The number of aromatic amines is 1. The Kier molecular flexibility index (Phi) is 4.63. The molecule has 3 rings (SSSR count). The van der Waals surface area contributed by atoms with Gasteiger partial charge in [0.15, 0.2) is 5.69 Å². The van der Waals surface area contributed by atoms with Crippen molar-refractivity contribution >= 4 is 11.9 Å². The molecule has 0 radical (unpaired) electrons. The van der Waals surface area contributed by atoms with E-state index in [0.717, 1.165) is 9.25 Å². The number of aliphatic hydroxyl groups is 1. The Morgan fingerprint density at radius 2 is 2.04 bits per heavy atom. The highest BCUT2D eigenvalue weighted by molar-refractivity contribution is 5.98. The molecule has 13 heteroatoms. The highest BCUT2D eigenvalue weighted by atomic mass is 16.5. The summed E-state index contributed by atoms with van der Waals surface area (Å²) in [6, 6.07) is -0.897. The van der Waals surface area contributed by atoms with Crippen molar-refractivity contribution in [2.45, 2.75) is 31.7 Å². The average Bonchev–Trinajstić information content (AvgIpc) is 3.21. The number of H-pyrrole nitrogens is 1. The van der Waals surface area contributed by atoms with Crippen LogP contribution in [0.3, 0.4) is 0 Å². The molecule has 4 N–H and O–H groups in total. The number of aliphatic hydroxyl groups excluding tert-OH is 1. The molecule has 27 heavy (non-hydrogen) atoms. The Bertz CT molecular complexity index is 1020. The normalized spacial score (nSPS) is 22.1. The predicted octanol–water partition coefficient (Wildman–Crippen LogP) is -1.65. The number of aromatic carboxylic acids is 2. The van der Waals surface area contributed by atoms with Crippen LogP contribution in [-0.2, 0) is 4.74 Å². The lowest BCUT2D eigenvalue weighted by Gasteiger charge is -2.16. The Morgan fingerprint density at radius 3 is 2.63 bits per heavy atom. The first-order chi connectivity index (χ1) is 12.7. The van der Waals surface area contributed by atoms with Crippen molar-refractivity contribution < 1.29 is 29.6 Å². The van der Waals surface area contributed by atoms with Crippen LogP contribution < -0.4 is 11.2 Å². The van der Waals surface area contributed by atoms with Crippen LogP contribution in [0.15, 0.2) is 15.8 Å². The van der Waals surface area contributed by atoms with Crippen molar-refractivity contribution in [3.8, 4) is 0 Å². The minimum atomic E-state index is -1.57. The third kappa shape index (κ3) is 3.13. The number of carbonyl (C=O) groups is 2. The van der Waals surface area contributed by atoms with Gasteiger partial charge in [-0.15, -0.1) is 5.10 Å². The second kappa shape index (κ2) is 6.77. The Morgan fingerprint density at radius 1 is 1.33 bits per heavy atom. The van der Waals surface area contributed by atoms with Crippen LogP contribution in [0.25, 0.3) is 0 Å². The number of aryl methyl sites for hydroxylation is 1. The molecular formula is C14H15N5O8. The Balaban J connectivity index is 2.03. The summed E-state index contributed by atoms with van der Waals surface area (Å²) in [7, 11) is 0. The van der Waals surface area contributed by atoms with Gasteiger partial charge in [-0.25, -0.2) is 19.1 Å². The van der Waals surface area contributed by atoms with E-state index in [1.54, 1.807) is 0 Å². The lowest BCUT2D eigenvalue weighted by molar-refractivity contribution is -0.0325. The summed E-state index contributed by atoms with van der Waals surface area (Å²) in [6.45, 7) is 0.948. The van der Waals surface area contributed by atoms with Gasteiger partial charge in [0.05, 0.1) is 12.6 Å². The van der Waals surface area contributed by atoms with E-state index < -0.39 is 59.6 Å². The largest absolute Gasteiger partial charge is 0.476 e. The van der Waals surface area contributed by atoms with Gasteiger partial charge in [-0.05, 0) is 6.92 Å². The lowest BCUT2D eigenvalue weighted by Crippen LogP contribution is -2.33. The standard InChI is InChI=1S/C14H15N5O8/c1-5-3-18(14(26)15-11(5)21)8-2-6(7(4-20)27-8)19-10(13(24)25)9(12(22)23)16-17-19/h3,6-8,20H,2,4H2,1H3,(H,22,23)(H,24,25)(H,15,21,26)/t6?,7-,8-/m1/s1. The van der Waals surface area contributed by atoms with Gasteiger partial charge in [0, 0.05) is 18.2 Å². The van der Waals surface area contributed by atoms with Crippen LogP contribution in [0.2, 0.25) is 0 Å². The van der Waals surface area contributed by atoms with E-state index in [9.17, 15) is 29.4 Å². The fourth-order valence-corrected chi connectivity index (χ4v) is 2.98. The lowest BCUT2D eigenvalue weighted by atomic mass is 10.1. The average molecular weight is 381 g/mol. The second-order valence-corrected chi connectivity index (χ2v) is 5.93. The number of aromatic nitrogens is 5. The zero-order valence-electron chi connectivity index (χ0n) is 13.9. The van der Waals surface area contributed by atoms with Crippen molar-refractivity contribution in [3.63, 3.8) is 0 Å². The third-order valence-corrected chi connectivity index (χ3v) is 4.25. The number of rotatable bonds is 5. The molecule has 0 spiro atoms. The van der Waals surface area contributed by atoms with E-state index in [1.165, 1.54) is 13.1 Å². The van der Waals surface area contributed by atoms with Gasteiger partial charge in [0.1, 0.15) is 12.3 Å². The highest BCUT2D eigenvalue weighted by Gasteiger charge is 2.41. The van der Waals surface area contributed by atoms with Gasteiger partial charge in [-0.3, -0.25) is 14.3 Å². The number of ether oxygens (including phenoxy) is 1. The second-order valence-electron chi connectivity index (χ2n) is 5.93. The molecule has 3 atom stereocenters. The quantitative estimate of drug-likeness (QED) is 0.467. The molecule has 1 saturated heterocycles. The maximum absolute atomic E-state index is 12.0. The summed E-state index contributed by atoms with van der Waals surface area (Å²) >= 11 is 0. The van der Waals surface area contributed by atoms with Crippen molar-refractivity contribution in [1.82, 2.24) is 24.5 Å². The zero-order valence-corrected chi connectivity index (χ0v) is 13.9. The summed E-state index contributed by atoms with van der Waals surface area (Å²) in [5.41, 5.74) is -2.46. The van der Waals surface area contributed by atoms with Crippen molar-refractivity contribution in [1.29, 1.82) is 0 Å². The predicted molar refractivity (Wildman–Crippen MR) is 84.7 cm³/mol. The molecule has 1 unspecified atom stereocenters. The topological polar surface area (TPSA) is 190 Å². The zero-order chi connectivity index (χ0) is 19.9. The van der Waals surface area contributed by atoms with Gasteiger partial charge in [-0.1, -0.05) is 5.21 Å². The first-order valence-corrected chi connectivity index (χ1v) is 7.74. The molecule has 3 heterocycles. The number of nitrogens with zero attached hydrogens (tertiary/aromatic N) is 4. The summed E-state index contributed by atoms with van der Waals surface area (Å²) in [4.78, 5) is 48.3. The summed E-state index contributed by atoms with van der Waals surface area (Å²) in [5, 5.41) is 35.0. The molecule has 144 valence electrons. The molecule has 0 amide bonds. The molecule has 0 aliphatic carbocycles. The molecule has 1 fully saturated rings. The van der Waals surface area contributed by atoms with Crippen molar-refractivity contribution in [2.75, 3.05) is 6.61 Å². The molecule has 0 saturated carbocycles. The Labute approximate surface area is 149 Å². The summed E-state index contributed by atoms with van der Waals surface area (Å²) in [5.74, 6) is -3.13. The molecular weight excluding hydrogens is 366 g/mol. The first-order valence-electron chi connectivity index (χ1n) is 7.74. The fraction of sp³-hybridized carbons (Fsp3) is 0.429. The van der Waals surface area contributed by atoms with E-state index in [-0.39, 0.29) is 12.0 Å². The van der Waals surface area contributed by atoms with Crippen LogP contribution in [-0.4, -0.2) is 64.5 Å². The molecule has 1 aliphatic heterocycles. The van der Waals surface area contributed by atoms with Crippen LogP contribution in [0.1, 0.15) is 45.2 Å². The van der Waals surface area contributed by atoms with Gasteiger partial charge in [0.2, 0.25) is 5.69 Å². The summed E-state index contributed by atoms with van der Waals surface area (Å²) in [6.07, 6.45) is -0.644. The van der Waals surface area contributed by atoms with E-state index >= 15 is 0 Å². The highest BCUT2D eigenvalue weighted by Crippen LogP contribution is 2.36. The number of carboxylic acid groups (broad SMARTS) is 2. The molecule has 2 aromatic rings. The van der Waals surface area contributed by atoms with Gasteiger partial charge in [-0.2, -0.15) is 0 Å². The monoisotopic (exact) mass is 381 g/mol. The van der Waals surface area contributed by atoms with Crippen LogP contribution >= 0.6 is 0 Å². The summed E-state index contributed by atoms with van der Waals surface area (Å²) < 4.78 is 7.57. The van der Waals surface area contributed by atoms with E-state index in [4.69, 9.17) is 9.84 Å².